The molecular formula is C8H8F3N5OS. The van der Waals surface area contributed by atoms with Crippen molar-refractivity contribution in [3.05, 3.63) is 17.5 Å². The molecule has 1 N–H and O–H groups in total. The number of anilines is 1. The van der Waals surface area contributed by atoms with Gasteiger partial charge in [-0.3, -0.25) is 0 Å². The fourth-order valence-electron chi connectivity index (χ4n) is 1.06. The number of halogens is 3. The van der Waals surface area contributed by atoms with Crippen LogP contribution < -0.4 is 5.32 Å². The lowest BCUT2D eigenvalue weighted by molar-refractivity contribution is -0.146. The van der Waals surface area contributed by atoms with E-state index in [-0.39, 0.29) is 12.4 Å². The standard InChI is InChI=1S/C8H8F3N5OS/c1-2-4-13-7(18-16-4)12-3-5-14-6(15-17-5)8(9,10)11/h2-3H2,1H3,(H,12,13,16). The van der Waals surface area contributed by atoms with Crippen molar-refractivity contribution in [3.63, 3.8) is 0 Å². The highest BCUT2D eigenvalue weighted by Gasteiger charge is 2.37. The molecule has 0 spiro atoms. The Morgan fingerprint density at radius 1 is 1.33 bits per heavy atom. The number of aromatic nitrogens is 4. The molecule has 0 aliphatic carbocycles. The third-order valence-corrected chi connectivity index (χ3v) is 2.61. The molecule has 0 amide bonds. The van der Waals surface area contributed by atoms with Crippen LogP contribution in [0.3, 0.4) is 0 Å². The molecule has 10 heteroatoms. The fraction of sp³-hybridized carbons (Fsp3) is 0.500. The molecule has 2 aromatic rings. The minimum atomic E-state index is -4.60. The third-order valence-electron chi connectivity index (χ3n) is 1.90. The molecule has 2 aromatic heterocycles. The summed E-state index contributed by atoms with van der Waals surface area (Å²) in [5.74, 6) is -0.773. The van der Waals surface area contributed by atoms with E-state index in [1.807, 2.05) is 6.92 Å². The lowest BCUT2D eigenvalue weighted by atomic mass is 10.5. The number of nitrogens with one attached hydrogen (secondary N) is 1. The maximum atomic E-state index is 12.2. The Hall–Kier alpha value is -1.71. The Morgan fingerprint density at radius 3 is 2.67 bits per heavy atom. The molecule has 98 valence electrons. The quantitative estimate of drug-likeness (QED) is 0.923. The fourth-order valence-corrected chi connectivity index (χ4v) is 1.71. The summed E-state index contributed by atoms with van der Waals surface area (Å²) in [7, 11) is 0. The average molecular weight is 279 g/mol. The minimum absolute atomic E-state index is 0.0264. The molecule has 6 nitrogen and oxygen atoms in total. The van der Waals surface area contributed by atoms with Crippen LogP contribution in [0.4, 0.5) is 18.3 Å². The van der Waals surface area contributed by atoms with Crippen molar-refractivity contribution >= 4 is 16.7 Å². The molecule has 0 aliphatic heterocycles. The van der Waals surface area contributed by atoms with Crippen molar-refractivity contribution in [2.45, 2.75) is 26.1 Å². The van der Waals surface area contributed by atoms with Gasteiger partial charge in [-0.15, -0.1) is 0 Å². The van der Waals surface area contributed by atoms with E-state index >= 15 is 0 Å². The maximum absolute atomic E-state index is 12.2. The van der Waals surface area contributed by atoms with Crippen molar-refractivity contribution in [2.75, 3.05) is 5.32 Å². The predicted octanol–water partition coefficient (Wildman–Crippen LogP) is 2.11. The molecule has 0 radical (unpaired) electrons. The number of hydrogen-bond donors (Lipinski definition) is 1. The topological polar surface area (TPSA) is 76.7 Å². The number of rotatable bonds is 4. The highest BCUT2D eigenvalue weighted by Crippen LogP contribution is 2.26. The van der Waals surface area contributed by atoms with Gasteiger partial charge >= 0.3 is 6.18 Å². The first kappa shape index (κ1) is 12.7. The van der Waals surface area contributed by atoms with Crippen LogP contribution in [-0.2, 0) is 19.1 Å². The Bertz CT molecular complexity index is 523. The van der Waals surface area contributed by atoms with Gasteiger partial charge in [0.05, 0.1) is 6.54 Å². The predicted molar refractivity (Wildman–Crippen MR) is 55.9 cm³/mol. The van der Waals surface area contributed by atoms with Crippen LogP contribution in [0.2, 0.25) is 0 Å². The zero-order valence-electron chi connectivity index (χ0n) is 9.15. The summed E-state index contributed by atoms with van der Waals surface area (Å²) in [5, 5.41) is 6.10. The van der Waals surface area contributed by atoms with Gasteiger partial charge in [0.15, 0.2) is 0 Å². The summed E-state index contributed by atoms with van der Waals surface area (Å²) in [6.45, 7) is 1.88. The molecule has 0 saturated carbocycles. The van der Waals surface area contributed by atoms with Gasteiger partial charge in [0.1, 0.15) is 5.82 Å². The second-order valence-corrected chi connectivity index (χ2v) is 3.98. The number of aryl methyl sites for hydroxylation is 1. The summed E-state index contributed by atoms with van der Waals surface area (Å²) >= 11 is 1.12. The van der Waals surface area contributed by atoms with Gasteiger partial charge in [-0.1, -0.05) is 12.1 Å². The normalized spacial score (nSPS) is 11.8. The monoisotopic (exact) mass is 279 g/mol. The molecule has 0 bridgehead atoms. The zero-order valence-corrected chi connectivity index (χ0v) is 9.97. The van der Waals surface area contributed by atoms with Gasteiger partial charge in [0.2, 0.25) is 11.0 Å². The third kappa shape index (κ3) is 2.94. The first-order valence-electron chi connectivity index (χ1n) is 4.95. The van der Waals surface area contributed by atoms with Crippen LogP contribution in [0.15, 0.2) is 4.52 Å². The van der Waals surface area contributed by atoms with Crippen LogP contribution in [-0.4, -0.2) is 19.5 Å². The van der Waals surface area contributed by atoms with E-state index in [2.05, 4.69) is 29.3 Å². The molecule has 0 saturated heterocycles. The van der Waals surface area contributed by atoms with Crippen molar-refractivity contribution in [1.29, 1.82) is 0 Å². The Kier molecular flexibility index (Phi) is 3.45. The van der Waals surface area contributed by atoms with Crippen LogP contribution in [0.25, 0.3) is 0 Å². The number of nitrogens with zero attached hydrogens (tertiary/aromatic N) is 4. The van der Waals surface area contributed by atoms with E-state index in [9.17, 15) is 13.2 Å². The van der Waals surface area contributed by atoms with Crippen molar-refractivity contribution in [3.8, 4) is 0 Å². The summed E-state index contributed by atoms with van der Waals surface area (Å²) in [5.41, 5.74) is 0. The van der Waals surface area contributed by atoms with Crippen molar-refractivity contribution in [1.82, 2.24) is 19.5 Å². The second kappa shape index (κ2) is 4.88. The summed E-state index contributed by atoms with van der Waals surface area (Å²) in [4.78, 5) is 7.30. The van der Waals surface area contributed by atoms with Gasteiger partial charge in [-0.05, 0) is 0 Å². The van der Waals surface area contributed by atoms with Crippen LogP contribution in [0.5, 0.6) is 0 Å². The Morgan fingerprint density at radius 2 is 2.11 bits per heavy atom. The average Bonchev–Trinajstić information content (AvgIpc) is 2.94. The van der Waals surface area contributed by atoms with Gasteiger partial charge in [-0.25, -0.2) is 4.98 Å². The van der Waals surface area contributed by atoms with Gasteiger partial charge in [-0.2, -0.15) is 22.5 Å². The summed E-state index contributed by atoms with van der Waals surface area (Å²) in [6, 6.07) is 0. The van der Waals surface area contributed by atoms with Crippen LogP contribution in [0.1, 0.15) is 24.5 Å². The van der Waals surface area contributed by atoms with E-state index in [0.29, 0.717) is 17.4 Å². The van der Waals surface area contributed by atoms with Crippen molar-refractivity contribution < 1.29 is 17.7 Å². The molecule has 0 aliphatic rings. The van der Waals surface area contributed by atoms with Gasteiger partial charge in [0.25, 0.3) is 5.82 Å². The molecule has 0 fully saturated rings. The molecular weight excluding hydrogens is 271 g/mol. The lowest BCUT2D eigenvalue weighted by Gasteiger charge is -1.97. The van der Waals surface area contributed by atoms with Gasteiger partial charge < -0.3 is 9.84 Å². The molecule has 0 atom stereocenters. The molecule has 2 heterocycles. The first-order valence-corrected chi connectivity index (χ1v) is 5.72. The number of alkyl halides is 3. The zero-order chi connectivity index (χ0) is 13.2. The smallest absolute Gasteiger partial charge is 0.351 e. The van der Waals surface area contributed by atoms with Gasteiger partial charge in [0, 0.05) is 18.0 Å². The van der Waals surface area contributed by atoms with E-state index < -0.39 is 12.0 Å². The highest BCUT2D eigenvalue weighted by molar-refractivity contribution is 7.09. The van der Waals surface area contributed by atoms with E-state index in [4.69, 9.17) is 0 Å². The largest absolute Gasteiger partial charge is 0.455 e. The highest BCUT2D eigenvalue weighted by atomic mass is 32.1. The molecule has 0 unspecified atom stereocenters. The van der Waals surface area contributed by atoms with Crippen molar-refractivity contribution in [2.24, 2.45) is 0 Å². The molecule has 2 rings (SSSR count). The van der Waals surface area contributed by atoms with Crippen LogP contribution >= 0.6 is 11.5 Å². The van der Waals surface area contributed by atoms with E-state index in [1.165, 1.54) is 0 Å². The van der Waals surface area contributed by atoms with E-state index in [0.717, 1.165) is 11.5 Å². The SMILES string of the molecule is CCc1nsc(NCc2nc(C(F)(F)F)no2)n1. The van der Waals surface area contributed by atoms with Crippen LogP contribution in [0, 0.1) is 0 Å². The minimum Gasteiger partial charge on any atom is -0.351 e. The molecule has 18 heavy (non-hydrogen) atoms. The maximum Gasteiger partial charge on any atom is 0.455 e. The molecule has 0 aromatic carbocycles. The van der Waals surface area contributed by atoms with E-state index in [1.54, 1.807) is 0 Å². The summed E-state index contributed by atoms with van der Waals surface area (Å²) in [6.07, 6.45) is -3.91. The first-order chi connectivity index (χ1) is 8.49. The lowest BCUT2D eigenvalue weighted by Crippen LogP contribution is -2.08. The Balaban J connectivity index is 1.96. The second-order valence-electron chi connectivity index (χ2n) is 3.23. The Labute approximate surface area is 103 Å². The summed E-state index contributed by atoms with van der Waals surface area (Å²) < 4.78 is 45.0. The number of hydrogen-bond acceptors (Lipinski definition) is 7.